The summed E-state index contributed by atoms with van der Waals surface area (Å²) in [6, 6.07) is 7.04. The molecule has 160 valence electrons. The fourth-order valence-corrected chi connectivity index (χ4v) is 3.66. The SMILES string of the molecule is CCCCCCCN(CCCCCCC)CCCCc1ccc([N+](=O)[O-])cc1. The van der Waals surface area contributed by atoms with Crippen LogP contribution < -0.4 is 0 Å². The van der Waals surface area contributed by atoms with Crippen molar-refractivity contribution in [2.75, 3.05) is 19.6 Å². The van der Waals surface area contributed by atoms with Crippen LogP contribution in [0.3, 0.4) is 0 Å². The number of nitrogens with zero attached hydrogens (tertiary/aromatic N) is 2. The van der Waals surface area contributed by atoms with Crippen LogP contribution in [0.4, 0.5) is 5.69 Å². The number of nitro groups is 1. The van der Waals surface area contributed by atoms with Crippen molar-refractivity contribution in [2.24, 2.45) is 0 Å². The number of nitro benzene ring substituents is 1. The molecule has 0 spiro atoms. The highest BCUT2D eigenvalue weighted by Gasteiger charge is 2.06. The first-order valence-corrected chi connectivity index (χ1v) is 11.6. The topological polar surface area (TPSA) is 46.4 Å². The second-order valence-corrected chi connectivity index (χ2v) is 8.05. The fraction of sp³-hybridized carbons (Fsp3) is 0.750. The van der Waals surface area contributed by atoms with Gasteiger partial charge in [-0.2, -0.15) is 0 Å². The molecule has 28 heavy (non-hydrogen) atoms. The standard InChI is InChI=1S/C24H42N2O2/c1-3-5-7-9-12-20-25(21-13-10-8-6-4-2)22-14-11-15-23-16-18-24(19-17-23)26(27)28/h16-19H,3-15,20-22H2,1-2H3. The first kappa shape index (κ1) is 24.6. The molecule has 0 aliphatic rings. The Morgan fingerprint density at radius 1 is 0.714 bits per heavy atom. The molecule has 0 amide bonds. The van der Waals surface area contributed by atoms with Crippen LogP contribution in [0.2, 0.25) is 0 Å². The Morgan fingerprint density at radius 2 is 1.18 bits per heavy atom. The molecular formula is C24H42N2O2. The molecule has 1 aromatic carbocycles. The van der Waals surface area contributed by atoms with Crippen molar-refractivity contribution in [1.29, 1.82) is 0 Å². The van der Waals surface area contributed by atoms with Gasteiger partial charge in [0.05, 0.1) is 4.92 Å². The van der Waals surface area contributed by atoms with Crippen molar-refractivity contribution < 1.29 is 4.92 Å². The predicted octanol–water partition coefficient (Wildman–Crippen LogP) is 7.16. The molecule has 4 nitrogen and oxygen atoms in total. The van der Waals surface area contributed by atoms with Crippen molar-refractivity contribution in [3.8, 4) is 0 Å². The molecule has 0 aliphatic carbocycles. The minimum Gasteiger partial charge on any atom is -0.303 e. The normalized spacial score (nSPS) is 11.2. The molecule has 0 saturated carbocycles. The Balaban J connectivity index is 2.27. The van der Waals surface area contributed by atoms with Gasteiger partial charge in [0.25, 0.3) is 5.69 Å². The average Bonchev–Trinajstić information content (AvgIpc) is 2.70. The van der Waals surface area contributed by atoms with E-state index in [4.69, 9.17) is 0 Å². The zero-order valence-electron chi connectivity index (χ0n) is 18.3. The van der Waals surface area contributed by atoms with Crippen LogP contribution in [0.5, 0.6) is 0 Å². The average molecular weight is 391 g/mol. The van der Waals surface area contributed by atoms with Crippen molar-refractivity contribution in [2.45, 2.75) is 97.3 Å². The Hall–Kier alpha value is -1.42. The van der Waals surface area contributed by atoms with Gasteiger partial charge in [0, 0.05) is 12.1 Å². The van der Waals surface area contributed by atoms with Crippen LogP contribution in [0.15, 0.2) is 24.3 Å². The van der Waals surface area contributed by atoms with E-state index in [0.717, 1.165) is 12.8 Å². The van der Waals surface area contributed by atoms with Crippen LogP contribution in [-0.4, -0.2) is 29.5 Å². The second kappa shape index (κ2) is 16.5. The highest BCUT2D eigenvalue weighted by Crippen LogP contribution is 2.14. The molecule has 0 aromatic heterocycles. The smallest absolute Gasteiger partial charge is 0.269 e. The van der Waals surface area contributed by atoms with E-state index in [1.165, 1.54) is 95.8 Å². The van der Waals surface area contributed by atoms with Crippen molar-refractivity contribution in [3.05, 3.63) is 39.9 Å². The maximum Gasteiger partial charge on any atom is 0.269 e. The van der Waals surface area contributed by atoms with Gasteiger partial charge < -0.3 is 4.90 Å². The van der Waals surface area contributed by atoms with Gasteiger partial charge in [-0.05, 0) is 57.3 Å². The van der Waals surface area contributed by atoms with E-state index >= 15 is 0 Å². The number of unbranched alkanes of at least 4 members (excludes halogenated alkanes) is 9. The van der Waals surface area contributed by atoms with Crippen molar-refractivity contribution >= 4 is 5.69 Å². The molecule has 1 rings (SSSR count). The maximum absolute atomic E-state index is 10.7. The predicted molar refractivity (Wildman–Crippen MR) is 120 cm³/mol. The third-order valence-corrected chi connectivity index (χ3v) is 5.49. The number of aryl methyl sites for hydroxylation is 1. The molecule has 0 heterocycles. The quantitative estimate of drug-likeness (QED) is 0.152. The summed E-state index contributed by atoms with van der Waals surface area (Å²) in [7, 11) is 0. The molecule has 4 heteroatoms. The van der Waals surface area contributed by atoms with E-state index in [9.17, 15) is 10.1 Å². The van der Waals surface area contributed by atoms with Gasteiger partial charge in [0.1, 0.15) is 0 Å². The molecule has 0 unspecified atom stereocenters. The van der Waals surface area contributed by atoms with Crippen molar-refractivity contribution in [1.82, 2.24) is 4.90 Å². The number of hydrogen-bond acceptors (Lipinski definition) is 3. The molecule has 0 bridgehead atoms. The lowest BCUT2D eigenvalue weighted by molar-refractivity contribution is -0.384. The molecule has 0 aliphatic heterocycles. The number of benzene rings is 1. The van der Waals surface area contributed by atoms with Crippen LogP contribution in [0.25, 0.3) is 0 Å². The van der Waals surface area contributed by atoms with E-state index in [-0.39, 0.29) is 10.6 Å². The molecule has 0 atom stereocenters. The van der Waals surface area contributed by atoms with Gasteiger partial charge in [-0.25, -0.2) is 0 Å². The van der Waals surface area contributed by atoms with Gasteiger partial charge >= 0.3 is 0 Å². The summed E-state index contributed by atoms with van der Waals surface area (Å²) < 4.78 is 0. The van der Waals surface area contributed by atoms with Crippen LogP contribution in [-0.2, 0) is 6.42 Å². The van der Waals surface area contributed by atoms with Crippen molar-refractivity contribution in [3.63, 3.8) is 0 Å². The minimum absolute atomic E-state index is 0.182. The summed E-state index contributed by atoms with van der Waals surface area (Å²) in [4.78, 5) is 13.1. The molecular weight excluding hydrogens is 348 g/mol. The van der Waals surface area contributed by atoms with Crippen LogP contribution >= 0.6 is 0 Å². The van der Waals surface area contributed by atoms with Gasteiger partial charge in [-0.3, -0.25) is 10.1 Å². The molecule has 1 aromatic rings. The van der Waals surface area contributed by atoms with Gasteiger partial charge in [-0.15, -0.1) is 0 Å². The third kappa shape index (κ3) is 12.1. The first-order chi connectivity index (χ1) is 13.7. The lowest BCUT2D eigenvalue weighted by Crippen LogP contribution is -2.27. The highest BCUT2D eigenvalue weighted by molar-refractivity contribution is 5.32. The highest BCUT2D eigenvalue weighted by atomic mass is 16.6. The third-order valence-electron chi connectivity index (χ3n) is 5.49. The fourth-order valence-electron chi connectivity index (χ4n) is 3.66. The van der Waals surface area contributed by atoms with E-state index in [1.54, 1.807) is 12.1 Å². The summed E-state index contributed by atoms with van der Waals surface area (Å²) in [6.07, 6.45) is 16.9. The van der Waals surface area contributed by atoms with E-state index in [1.807, 2.05) is 12.1 Å². The monoisotopic (exact) mass is 390 g/mol. The van der Waals surface area contributed by atoms with E-state index in [2.05, 4.69) is 18.7 Å². The Labute approximate surface area is 172 Å². The Morgan fingerprint density at radius 3 is 1.64 bits per heavy atom. The molecule has 0 N–H and O–H groups in total. The Bertz CT molecular complexity index is 488. The number of rotatable bonds is 18. The van der Waals surface area contributed by atoms with Crippen LogP contribution in [0.1, 0.15) is 96.5 Å². The minimum atomic E-state index is -0.331. The van der Waals surface area contributed by atoms with E-state index in [0.29, 0.717) is 0 Å². The zero-order valence-corrected chi connectivity index (χ0v) is 18.3. The second-order valence-electron chi connectivity index (χ2n) is 8.05. The number of hydrogen-bond donors (Lipinski definition) is 0. The van der Waals surface area contributed by atoms with Gasteiger partial charge in [0.2, 0.25) is 0 Å². The zero-order chi connectivity index (χ0) is 20.5. The number of non-ortho nitro benzene ring substituents is 1. The molecule has 0 saturated heterocycles. The van der Waals surface area contributed by atoms with E-state index < -0.39 is 0 Å². The van der Waals surface area contributed by atoms with Gasteiger partial charge in [-0.1, -0.05) is 77.3 Å². The van der Waals surface area contributed by atoms with Gasteiger partial charge in [0.15, 0.2) is 0 Å². The molecule has 0 radical (unpaired) electrons. The first-order valence-electron chi connectivity index (χ1n) is 11.6. The lowest BCUT2D eigenvalue weighted by atomic mass is 10.1. The lowest BCUT2D eigenvalue weighted by Gasteiger charge is -2.22. The summed E-state index contributed by atoms with van der Waals surface area (Å²) in [6.45, 7) is 8.22. The maximum atomic E-state index is 10.7. The Kier molecular flexibility index (Phi) is 14.5. The summed E-state index contributed by atoms with van der Waals surface area (Å²) in [5.41, 5.74) is 1.39. The summed E-state index contributed by atoms with van der Waals surface area (Å²) in [5, 5.41) is 10.7. The summed E-state index contributed by atoms with van der Waals surface area (Å²) in [5.74, 6) is 0. The van der Waals surface area contributed by atoms with Crippen LogP contribution in [0, 0.1) is 10.1 Å². The summed E-state index contributed by atoms with van der Waals surface area (Å²) >= 11 is 0. The molecule has 0 fully saturated rings. The largest absolute Gasteiger partial charge is 0.303 e.